The molecule has 1 heterocycles. The number of piperidine rings is 1. The van der Waals surface area contributed by atoms with Crippen LogP contribution in [0.4, 0.5) is 0 Å². The molecule has 0 bridgehead atoms. The minimum atomic E-state index is -0.930. The van der Waals surface area contributed by atoms with Crippen molar-refractivity contribution in [1.82, 2.24) is 4.90 Å². The van der Waals surface area contributed by atoms with Gasteiger partial charge in [0.2, 0.25) is 0 Å². The number of hydrogen-bond acceptors (Lipinski definition) is 4. The Hall–Kier alpha value is -2.24. The van der Waals surface area contributed by atoms with Crippen molar-refractivity contribution in [2.75, 3.05) is 13.1 Å². The van der Waals surface area contributed by atoms with Gasteiger partial charge in [0.1, 0.15) is 0 Å². The molecule has 6 nitrogen and oxygen atoms in total. The molecule has 2 rings (SSSR count). The molecule has 6 heteroatoms. The van der Waals surface area contributed by atoms with Crippen LogP contribution in [0.15, 0.2) is 18.2 Å². The molecule has 0 spiro atoms. The van der Waals surface area contributed by atoms with Gasteiger partial charge in [-0.3, -0.25) is 9.59 Å². The van der Waals surface area contributed by atoms with Crippen molar-refractivity contribution in [3.05, 3.63) is 23.8 Å². The van der Waals surface area contributed by atoms with Gasteiger partial charge in [-0.25, -0.2) is 0 Å². The first-order valence-electron chi connectivity index (χ1n) is 6.95. The van der Waals surface area contributed by atoms with E-state index < -0.39 is 23.0 Å². The number of hydrogen-bond donors (Lipinski definition) is 3. The molecular weight excluding hydrogens is 274 g/mol. The summed E-state index contributed by atoms with van der Waals surface area (Å²) in [5.74, 6) is -2.19. The van der Waals surface area contributed by atoms with Gasteiger partial charge in [-0.2, -0.15) is 0 Å². The molecule has 1 unspecified atom stereocenters. The SMILES string of the molecule is CCC1(C(=O)O)CCCN(C(=O)c2cccc(O)c2O)C1. The predicted octanol–water partition coefficient (Wildman–Crippen LogP) is 1.81. The van der Waals surface area contributed by atoms with Crippen LogP contribution in [0, 0.1) is 5.41 Å². The van der Waals surface area contributed by atoms with Gasteiger partial charge < -0.3 is 20.2 Å². The average Bonchev–Trinajstić information content (AvgIpc) is 2.49. The summed E-state index contributed by atoms with van der Waals surface area (Å²) in [4.78, 5) is 25.4. The summed E-state index contributed by atoms with van der Waals surface area (Å²) in [5.41, 5.74) is -0.937. The van der Waals surface area contributed by atoms with E-state index in [2.05, 4.69) is 0 Å². The number of amides is 1. The molecule has 114 valence electrons. The number of phenols is 2. The van der Waals surface area contributed by atoms with Crippen molar-refractivity contribution in [2.24, 2.45) is 5.41 Å². The van der Waals surface area contributed by atoms with E-state index in [1.54, 1.807) is 6.92 Å². The highest BCUT2D eigenvalue weighted by atomic mass is 16.4. The molecule has 1 aliphatic heterocycles. The van der Waals surface area contributed by atoms with Crippen LogP contribution in [-0.2, 0) is 4.79 Å². The Bertz CT molecular complexity index is 571. The molecule has 1 saturated heterocycles. The lowest BCUT2D eigenvalue weighted by atomic mass is 9.77. The number of carboxylic acids is 1. The van der Waals surface area contributed by atoms with Crippen molar-refractivity contribution >= 4 is 11.9 Å². The van der Waals surface area contributed by atoms with Crippen molar-refractivity contribution in [2.45, 2.75) is 26.2 Å². The van der Waals surface area contributed by atoms with E-state index in [0.717, 1.165) is 0 Å². The number of para-hydroxylation sites is 1. The average molecular weight is 293 g/mol. The molecule has 1 aromatic rings. The van der Waals surface area contributed by atoms with E-state index in [9.17, 15) is 24.9 Å². The van der Waals surface area contributed by atoms with Crippen LogP contribution in [0.25, 0.3) is 0 Å². The number of carbonyl (C=O) groups is 2. The van der Waals surface area contributed by atoms with Gasteiger partial charge in [-0.15, -0.1) is 0 Å². The third kappa shape index (κ3) is 2.66. The van der Waals surface area contributed by atoms with Crippen LogP contribution < -0.4 is 0 Å². The fourth-order valence-corrected chi connectivity index (χ4v) is 2.79. The van der Waals surface area contributed by atoms with E-state index in [0.29, 0.717) is 25.8 Å². The Morgan fingerprint density at radius 1 is 1.33 bits per heavy atom. The van der Waals surface area contributed by atoms with E-state index in [1.807, 2.05) is 0 Å². The molecular formula is C15H19NO5. The summed E-state index contributed by atoms with van der Waals surface area (Å²) in [6.45, 7) is 2.36. The number of rotatable bonds is 3. The third-order valence-corrected chi connectivity index (χ3v) is 4.24. The summed E-state index contributed by atoms with van der Waals surface area (Å²) in [7, 11) is 0. The molecule has 0 aliphatic carbocycles. The first-order chi connectivity index (χ1) is 9.91. The van der Waals surface area contributed by atoms with E-state index in [1.165, 1.54) is 23.1 Å². The van der Waals surface area contributed by atoms with Gasteiger partial charge in [-0.05, 0) is 31.4 Å². The lowest BCUT2D eigenvalue weighted by Crippen LogP contribution is -2.49. The largest absolute Gasteiger partial charge is 0.504 e. The minimum Gasteiger partial charge on any atom is -0.504 e. The minimum absolute atomic E-state index is 0.00714. The second kappa shape index (κ2) is 5.63. The van der Waals surface area contributed by atoms with Crippen molar-refractivity contribution in [3.63, 3.8) is 0 Å². The Kier molecular flexibility index (Phi) is 4.06. The highest BCUT2D eigenvalue weighted by Crippen LogP contribution is 2.36. The number of benzene rings is 1. The highest BCUT2D eigenvalue weighted by molar-refractivity contribution is 5.98. The van der Waals surface area contributed by atoms with E-state index >= 15 is 0 Å². The first-order valence-corrected chi connectivity index (χ1v) is 6.95. The monoisotopic (exact) mass is 293 g/mol. The molecule has 1 aromatic carbocycles. The van der Waals surface area contributed by atoms with Gasteiger partial charge in [0.05, 0.1) is 11.0 Å². The molecule has 1 aliphatic rings. The van der Waals surface area contributed by atoms with Crippen LogP contribution in [0.3, 0.4) is 0 Å². The summed E-state index contributed by atoms with van der Waals surface area (Å²) >= 11 is 0. The molecule has 0 saturated carbocycles. The molecule has 1 amide bonds. The van der Waals surface area contributed by atoms with Crippen molar-refractivity contribution in [1.29, 1.82) is 0 Å². The van der Waals surface area contributed by atoms with E-state index in [4.69, 9.17) is 0 Å². The standard InChI is InChI=1S/C15H19NO5/c1-2-15(14(20)21)7-4-8-16(9-15)13(19)10-5-3-6-11(17)12(10)18/h3,5-6,17-18H,2,4,7-9H2,1H3,(H,20,21). The third-order valence-electron chi connectivity index (χ3n) is 4.24. The van der Waals surface area contributed by atoms with Crippen molar-refractivity contribution in [3.8, 4) is 11.5 Å². The maximum Gasteiger partial charge on any atom is 0.311 e. The lowest BCUT2D eigenvalue weighted by Gasteiger charge is -2.39. The molecule has 3 N–H and O–H groups in total. The fourth-order valence-electron chi connectivity index (χ4n) is 2.79. The van der Waals surface area contributed by atoms with Gasteiger partial charge in [-0.1, -0.05) is 13.0 Å². The van der Waals surface area contributed by atoms with Crippen LogP contribution in [0.1, 0.15) is 36.5 Å². The summed E-state index contributed by atoms with van der Waals surface area (Å²) in [6, 6.07) is 4.17. The van der Waals surface area contributed by atoms with Gasteiger partial charge >= 0.3 is 5.97 Å². The number of carboxylic acid groups (broad SMARTS) is 1. The van der Waals surface area contributed by atoms with E-state index in [-0.39, 0.29) is 17.9 Å². The molecule has 0 radical (unpaired) electrons. The lowest BCUT2D eigenvalue weighted by molar-refractivity contribution is -0.152. The zero-order valence-electron chi connectivity index (χ0n) is 11.9. The van der Waals surface area contributed by atoms with Gasteiger partial charge in [0.15, 0.2) is 11.5 Å². The predicted molar refractivity (Wildman–Crippen MR) is 75.3 cm³/mol. The summed E-state index contributed by atoms with van der Waals surface area (Å²) in [6.07, 6.45) is 1.58. The van der Waals surface area contributed by atoms with Crippen LogP contribution >= 0.6 is 0 Å². The first kappa shape index (κ1) is 15.2. The Labute approximate surface area is 122 Å². The van der Waals surface area contributed by atoms with Gasteiger partial charge in [0.25, 0.3) is 5.91 Å². The number of phenolic OH excluding ortho intramolecular Hbond substituents is 2. The highest BCUT2D eigenvalue weighted by Gasteiger charge is 2.42. The normalized spacial score (nSPS) is 22.0. The number of aliphatic carboxylic acids is 1. The van der Waals surface area contributed by atoms with Crippen LogP contribution in [-0.4, -0.2) is 45.2 Å². The van der Waals surface area contributed by atoms with Gasteiger partial charge in [0, 0.05) is 13.1 Å². The molecule has 21 heavy (non-hydrogen) atoms. The number of likely N-dealkylation sites (tertiary alicyclic amines) is 1. The second-order valence-corrected chi connectivity index (χ2v) is 5.44. The topological polar surface area (TPSA) is 98.1 Å². The van der Waals surface area contributed by atoms with Crippen molar-refractivity contribution < 1.29 is 24.9 Å². The number of nitrogens with zero attached hydrogens (tertiary/aromatic N) is 1. The Morgan fingerprint density at radius 2 is 2.05 bits per heavy atom. The summed E-state index contributed by atoms with van der Waals surface area (Å²) in [5, 5.41) is 28.7. The van der Waals surface area contributed by atoms with Crippen LogP contribution in [0.2, 0.25) is 0 Å². The molecule has 0 aromatic heterocycles. The quantitative estimate of drug-likeness (QED) is 0.738. The summed E-state index contributed by atoms with van der Waals surface area (Å²) < 4.78 is 0. The Balaban J connectivity index is 2.27. The van der Waals surface area contributed by atoms with Crippen LogP contribution in [0.5, 0.6) is 11.5 Å². The Morgan fingerprint density at radius 3 is 2.67 bits per heavy atom. The maximum atomic E-state index is 12.5. The second-order valence-electron chi connectivity index (χ2n) is 5.44. The zero-order valence-corrected chi connectivity index (χ0v) is 11.9. The number of carbonyl (C=O) groups excluding carboxylic acids is 1. The zero-order chi connectivity index (χ0) is 15.6. The molecule has 1 atom stereocenters. The molecule has 1 fully saturated rings. The smallest absolute Gasteiger partial charge is 0.311 e. The number of aromatic hydroxyl groups is 2. The fraction of sp³-hybridized carbons (Fsp3) is 0.467. The maximum absolute atomic E-state index is 12.5.